The molecule has 2 aliphatic heterocycles. The standard InChI is InChI=1S/C15H21N3O2/c19-14-3-1-13(2-4-14)17-7-9-18(10-8-17)15(20)12-5-6-16-11-12/h1-4,12,16,19H,5-11H2. The molecule has 1 aromatic rings. The Morgan fingerprint density at radius 2 is 1.85 bits per heavy atom. The van der Waals surface area contributed by atoms with Crippen molar-refractivity contribution >= 4 is 11.6 Å². The average Bonchev–Trinajstić information content (AvgIpc) is 3.02. The molecule has 0 saturated carbocycles. The van der Waals surface area contributed by atoms with E-state index >= 15 is 0 Å². The lowest BCUT2D eigenvalue weighted by atomic mass is 10.1. The largest absolute Gasteiger partial charge is 0.508 e. The van der Waals surface area contributed by atoms with Crippen LogP contribution in [0.5, 0.6) is 5.75 Å². The number of aromatic hydroxyl groups is 1. The lowest BCUT2D eigenvalue weighted by Gasteiger charge is -2.37. The van der Waals surface area contributed by atoms with E-state index in [1.807, 2.05) is 17.0 Å². The van der Waals surface area contributed by atoms with Gasteiger partial charge in [-0.1, -0.05) is 0 Å². The van der Waals surface area contributed by atoms with E-state index in [-0.39, 0.29) is 11.7 Å². The minimum atomic E-state index is 0.176. The number of phenolic OH excluding ortho intramolecular Hbond substituents is 1. The normalized spacial score (nSPS) is 23.1. The van der Waals surface area contributed by atoms with Crippen molar-refractivity contribution in [2.75, 3.05) is 44.2 Å². The number of carbonyl (C=O) groups excluding carboxylic acids is 1. The van der Waals surface area contributed by atoms with Gasteiger partial charge in [-0.15, -0.1) is 0 Å². The number of benzene rings is 1. The first kappa shape index (κ1) is 13.2. The van der Waals surface area contributed by atoms with Crippen LogP contribution in [0.15, 0.2) is 24.3 Å². The number of hydrogen-bond donors (Lipinski definition) is 2. The lowest BCUT2D eigenvalue weighted by Crippen LogP contribution is -2.50. The maximum Gasteiger partial charge on any atom is 0.227 e. The highest BCUT2D eigenvalue weighted by Crippen LogP contribution is 2.21. The smallest absolute Gasteiger partial charge is 0.227 e. The van der Waals surface area contributed by atoms with Gasteiger partial charge >= 0.3 is 0 Å². The number of piperazine rings is 1. The van der Waals surface area contributed by atoms with Crippen LogP contribution >= 0.6 is 0 Å². The van der Waals surface area contributed by atoms with Crippen molar-refractivity contribution in [2.45, 2.75) is 6.42 Å². The van der Waals surface area contributed by atoms with Gasteiger partial charge in [-0.2, -0.15) is 0 Å². The molecule has 2 aliphatic rings. The summed E-state index contributed by atoms with van der Waals surface area (Å²) in [6.07, 6.45) is 0.969. The van der Waals surface area contributed by atoms with Crippen LogP contribution in [0.1, 0.15) is 6.42 Å². The summed E-state index contributed by atoms with van der Waals surface area (Å²) in [5, 5.41) is 12.6. The second-order valence-corrected chi connectivity index (χ2v) is 5.52. The van der Waals surface area contributed by atoms with Crippen LogP contribution in [-0.4, -0.2) is 55.2 Å². The molecule has 0 radical (unpaired) electrons. The summed E-state index contributed by atoms with van der Waals surface area (Å²) in [6.45, 7) is 5.08. The second-order valence-electron chi connectivity index (χ2n) is 5.52. The molecule has 2 N–H and O–H groups in total. The Balaban J connectivity index is 1.56. The summed E-state index contributed by atoms with van der Waals surface area (Å²) in [6, 6.07) is 7.26. The number of rotatable bonds is 2. The number of hydrogen-bond acceptors (Lipinski definition) is 4. The van der Waals surface area contributed by atoms with E-state index in [0.717, 1.165) is 51.4 Å². The van der Waals surface area contributed by atoms with Crippen LogP contribution in [0, 0.1) is 5.92 Å². The van der Waals surface area contributed by atoms with Crippen molar-refractivity contribution in [3.05, 3.63) is 24.3 Å². The molecule has 2 saturated heterocycles. The van der Waals surface area contributed by atoms with Gasteiger partial charge in [0.1, 0.15) is 5.75 Å². The van der Waals surface area contributed by atoms with Crippen molar-refractivity contribution in [3.8, 4) is 5.75 Å². The van der Waals surface area contributed by atoms with E-state index in [9.17, 15) is 9.90 Å². The van der Waals surface area contributed by atoms with Crippen molar-refractivity contribution in [1.82, 2.24) is 10.2 Å². The summed E-state index contributed by atoms with van der Waals surface area (Å²) in [5.41, 5.74) is 1.11. The van der Waals surface area contributed by atoms with E-state index in [1.165, 1.54) is 0 Å². The average molecular weight is 275 g/mol. The summed E-state index contributed by atoms with van der Waals surface area (Å²) >= 11 is 0. The van der Waals surface area contributed by atoms with E-state index in [2.05, 4.69) is 10.2 Å². The van der Waals surface area contributed by atoms with Gasteiger partial charge in [-0.25, -0.2) is 0 Å². The molecular weight excluding hydrogens is 254 g/mol. The summed E-state index contributed by atoms with van der Waals surface area (Å²) in [4.78, 5) is 16.6. The Kier molecular flexibility index (Phi) is 3.78. The number of nitrogens with one attached hydrogen (secondary N) is 1. The van der Waals surface area contributed by atoms with Gasteiger partial charge in [0.15, 0.2) is 0 Å². The Labute approximate surface area is 119 Å². The second kappa shape index (κ2) is 5.71. The van der Waals surface area contributed by atoms with Gasteiger partial charge in [0.05, 0.1) is 5.92 Å². The first-order valence-corrected chi connectivity index (χ1v) is 7.27. The van der Waals surface area contributed by atoms with Crippen molar-refractivity contribution in [3.63, 3.8) is 0 Å². The molecule has 1 unspecified atom stereocenters. The Hall–Kier alpha value is -1.75. The van der Waals surface area contributed by atoms with Crippen LogP contribution in [-0.2, 0) is 4.79 Å². The Bertz CT molecular complexity index is 461. The lowest BCUT2D eigenvalue weighted by molar-refractivity contribution is -0.135. The van der Waals surface area contributed by atoms with Gasteiger partial charge in [-0.05, 0) is 37.2 Å². The van der Waals surface area contributed by atoms with Gasteiger partial charge in [0.2, 0.25) is 5.91 Å². The summed E-state index contributed by atoms with van der Waals surface area (Å²) in [7, 11) is 0. The fourth-order valence-electron chi connectivity index (χ4n) is 2.97. The maximum atomic E-state index is 12.3. The predicted molar refractivity (Wildman–Crippen MR) is 77.9 cm³/mol. The number of anilines is 1. The molecule has 5 heteroatoms. The van der Waals surface area contributed by atoms with E-state index in [1.54, 1.807) is 12.1 Å². The third-order valence-electron chi connectivity index (χ3n) is 4.22. The molecule has 2 heterocycles. The Morgan fingerprint density at radius 1 is 1.15 bits per heavy atom. The van der Waals surface area contributed by atoms with Crippen molar-refractivity contribution in [1.29, 1.82) is 0 Å². The van der Waals surface area contributed by atoms with Crippen LogP contribution in [0.4, 0.5) is 5.69 Å². The molecular formula is C15H21N3O2. The molecule has 1 amide bonds. The van der Waals surface area contributed by atoms with E-state index in [0.29, 0.717) is 5.91 Å². The van der Waals surface area contributed by atoms with Gasteiger partial charge in [-0.3, -0.25) is 4.79 Å². The van der Waals surface area contributed by atoms with Crippen LogP contribution in [0.2, 0.25) is 0 Å². The highest BCUT2D eigenvalue weighted by Gasteiger charge is 2.29. The van der Waals surface area contributed by atoms with Gasteiger partial charge in [0, 0.05) is 38.4 Å². The van der Waals surface area contributed by atoms with E-state index in [4.69, 9.17) is 0 Å². The molecule has 20 heavy (non-hydrogen) atoms. The van der Waals surface area contributed by atoms with Gasteiger partial charge < -0.3 is 20.2 Å². The van der Waals surface area contributed by atoms with Crippen molar-refractivity contribution in [2.24, 2.45) is 5.92 Å². The van der Waals surface area contributed by atoms with Crippen molar-refractivity contribution < 1.29 is 9.90 Å². The topological polar surface area (TPSA) is 55.8 Å². The van der Waals surface area contributed by atoms with Crippen LogP contribution < -0.4 is 10.2 Å². The fraction of sp³-hybridized carbons (Fsp3) is 0.533. The molecule has 108 valence electrons. The molecule has 0 spiro atoms. The first-order valence-electron chi connectivity index (χ1n) is 7.27. The summed E-state index contributed by atoms with van der Waals surface area (Å²) in [5.74, 6) is 0.770. The summed E-state index contributed by atoms with van der Waals surface area (Å²) < 4.78 is 0. The molecule has 0 aliphatic carbocycles. The quantitative estimate of drug-likeness (QED) is 0.832. The zero-order valence-electron chi connectivity index (χ0n) is 11.6. The third-order valence-corrected chi connectivity index (χ3v) is 4.22. The maximum absolute atomic E-state index is 12.3. The number of phenols is 1. The number of nitrogens with zero attached hydrogens (tertiary/aromatic N) is 2. The zero-order chi connectivity index (χ0) is 13.9. The molecule has 3 rings (SSSR count). The SMILES string of the molecule is O=C(C1CCNC1)N1CCN(c2ccc(O)cc2)CC1. The Morgan fingerprint density at radius 3 is 2.45 bits per heavy atom. The predicted octanol–water partition coefficient (Wildman–Crippen LogP) is 0.650. The first-order chi connectivity index (χ1) is 9.74. The van der Waals surface area contributed by atoms with E-state index < -0.39 is 0 Å². The molecule has 1 aromatic carbocycles. The highest BCUT2D eigenvalue weighted by molar-refractivity contribution is 5.79. The van der Waals surface area contributed by atoms with Crippen LogP contribution in [0.25, 0.3) is 0 Å². The molecule has 0 bridgehead atoms. The molecule has 5 nitrogen and oxygen atoms in total. The third kappa shape index (κ3) is 2.72. The molecule has 2 fully saturated rings. The number of amides is 1. The highest BCUT2D eigenvalue weighted by atomic mass is 16.3. The van der Waals surface area contributed by atoms with Gasteiger partial charge in [0.25, 0.3) is 0 Å². The number of carbonyl (C=O) groups is 1. The fourth-order valence-corrected chi connectivity index (χ4v) is 2.97. The molecule has 0 aromatic heterocycles. The van der Waals surface area contributed by atoms with Crippen LogP contribution in [0.3, 0.4) is 0 Å². The molecule has 1 atom stereocenters. The zero-order valence-corrected chi connectivity index (χ0v) is 11.6. The minimum Gasteiger partial charge on any atom is -0.508 e. The minimum absolute atomic E-state index is 0.176. The monoisotopic (exact) mass is 275 g/mol.